The van der Waals surface area contributed by atoms with Crippen molar-refractivity contribution in [1.82, 2.24) is 0 Å². The molecule has 1 atom stereocenters. The highest BCUT2D eigenvalue weighted by atomic mass is 79.9. The molecule has 2 heterocycles. The predicted octanol–water partition coefficient (Wildman–Crippen LogP) is 4.35. The number of halogens is 2. The highest BCUT2D eigenvalue weighted by Crippen LogP contribution is 2.37. The fourth-order valence-electron chi connectivity index (χ4n) is 2.13. The van der Waals surface area contributed by atoms with Gasteiger partial charge in [0.25, 0.3) is 0 Å². The van der Waals surface area contributed by atoms with Gasteiger partial charge >= 0.3 is 0 Å². The lowest BCUT2D eigenvalue weighted by Crippen LogP contribution is -2.11. The molecule has 18 heavy (non-hydrogen) atoms. The van der Waals surface area contributed by atoms with Gasteiger partial charge in [-0.1, -0.05) is 18.2 Å². The van der Waals surface area contributed by atoms with E-state index in [9.17, 15) is 0 Å². The van der Waals surface area contributed by atoms with Crippen LogP contribution in [0.1, 0.15) is 28.3 Å². The van der Waals surface area contributed by atoms with Gasteiger partial charge in [-0.3, -0.25) is 0 Å². The normalized spacial score (nSPS) is 15.7. The zero-order valence-electron chi connectivity index (χ0n) is 9.45. The third-order valence-electron chi connectivity index (χ3n) is 3.12. The summed E-state index contributed by atoms with van der Waals surface area (Å²) in [5.41, 5.74) is 11.1. The molecule has 1 unspecified atom stereocenters. The van der Waals surface area contributed by atoms with E-state index in [-0.39, 0.29) is 6.04 Å². The van der Waals surface area contributed by atoms with Crippen molar-refractivity contribution in [3.8, 4) is 0 Å². The lowest BCUT2D eigenvalue weighted by Gasteiger charge is -2.12. The topological polar surface area (TPSA) is 35.2 Å². The number of thiophene rings is 1. The van der Waals surface area contributed by atoms with Gasteiger partial charge in [0.05, 0.1) is 26.8 Å². The van der Waals surface area contributed by atoms with Crippen LogP contribution in [0.3, 0.4) is 0 Å². The zero-order valence-corrected chi connectivity index (χ0v) is 13.4. The Hall–Kier alpha value is -0.200. The number of rotatable bonds is 2. The Labute approximate surface area is 126 Å². The van der Waals surface area contributed by atoms with Crippen molar-refractivity contribution in [2.75, 3.05) is 0 Å². The van der Waals surface area contributed by atoms with Crippen LogP contribution < -0.4 is 5.73 Å². The quantitative estimate of drug-likeness (QED) is 0.829. The summed E-state index contributed by atoms with van der Waals surface area (Å²) < 4.78 is 7.60. The number of ether oxygens (including phenoxy) is 1. The van der Waals surface area contributed by atoms with Gasteiger partial charge in [-0.2, -0.15) is 0 Å². The van der Waals surface area contributed by atoms with E-state index in [4.69, 9.17) is 10.5 Å². The van der Waals surface area contributed by atoms with E-state index in [1.54, 1.807) is 11.3 Å². The van der Waals surface area contributed by atoms with Crippen molar-refractivity contribution in [2.45, 2.75) is 19.3 Å². The fourth-order valence-corrected chi connectivity index (χ4v) is 5.06. The highest BCUT2D eigenvalue weighted by molar-refractivity contribution is 9.12. The molecule has 1 aliphatic heterocycles. The SMILES string of the molecule is NC(c1ccc2c(c1)COC2)c1cc(Br)sc1Br. The van der Waals surface area contributed by atoms with Crippen LogP contribution in [0.5, 0.6) is 0 Å². The summed E-state index contributed by atoms with van der Waals surface area (Å²) in [7, 11) is 0. The number of hydrogen-bond acceptors (Lipinski definition) is 3. The van der Waals surface area contributed by atoms with Crippen LogP contribution in [0.25, 0.3) is 0 Å². The van der Waals surface area contributed by atoms with Gasteiger partial charge in [0.1, 0.15) is 0 Å². The van der Waals surface area contributed by atoms with Crippen molar-refractivity contribution >= 4 is 43.2 Å². The minimum Gasteiger partial charge on any atom is -0.372 e. The molecule has 0 amide bonds. The van der Waals surface area contributed by atoms with E-state index in [1.165, 1.54) is 11.1 Å². The van der Waals surface area contributed by atoms with Gasteiger partial charge in [0.15, 0.2) is 0 Å². The average Bonchev–Trinajstić information content (AvgIpc) is 2.93. The van der Waals surface area contributed by atoms with E-state index in [1.807, 2.05) is 0 Å². The van der Waals surface area contributed by atoms with E-state index in [0.717, 1.165) is 25.3 Å². The Morgan fingerprint density at radius 3 is 2.67 bits per heavy atom. The molecule has 3 rings (SSSR count). The molecule has 94 valence electrons. The molecule has 0 aliphatic carbocycles. The molecule has 0 radical (unpaired) electrons. The highest BCUT2D eigenvalue weighted by Gasteiger charge is 2.18. The Bertz CT molecular complexity index is 597. The summed E-state index contributed by atoms with van der Waals surface area (Å²) in [6, 6.07) is 8.34. The average molecular weight is 389 g/mol. The summed E-state index contributed by atoms with van der Waals surface area (Å²) in [6.45, 7) is 1.42. The fraction of sp³-hybridized carbons (Fsp3) is 0.231. The second-order valence-corrected chi connectivity index (χ2v) is 8.03. The summed E-state index contributed by atoms with van der Waals surface area (Å²) in [4.78, 5) is 0. The number of nitrogens with two attached hydrogens (primary N) is 1. The first-order valence-corrected chi connectivity index (χ1v) is 7.95. The van der Waals surface area contributed by atoms with E-state index >= 15 is 0 Å². The monoisotopic (exact) mass is 387 g/mol. The Morgan fingerprint density at radius 2 is 1.94 bits per heavy atom. The molecule has 2 N–H and O–H groups in total. The maximum Gasteiger partial charge on any atom is 0.0761 e. The third kappa shape index (κ3) is 2.30. The number of fused-ring (bicyclic) bond motifs is 1. The van der Waals surface area contributed by atoms with Crippen molar-refractivity contribution < 1.29 is 4.74 Å². The molecule has 2 nitrogen and oxygen atoms in total. The first-order chi connectivity index (χ1) is 8.65. The van der Waals surface area contributed by atoms with Crippen LogP contribution in [0, 0.1) is 0 Å². The summed E-state index contributed by atoms with van der Waals surface area (Å²) in [5, 5.41) is 0. The summed E-state index contributed by atoms with van der Waals surface area (Å²) in [5.74, 6) is 0. The van der Waals surface area contributed by atoms with Crippen LogP contribution in [0.4, 0.5) is 0 Å². The minimum absolute atomic E-state index is 0.104. The largest absolute Gasteiger partial charge is 0.372 e. The van der Waals surface area contributed by atoms with E-state index in [0.29, 0.717) is 6.61 Å². The molecule has 2 aromatic rings. The van der Waals surface area contributed by atoms with Gasteiger partial charge < -0.3 is 10.5 Å². The maximum absolute atomic E-state index is 6.34. The second-order valence-electron chi connectivity index (χ2n) is 4.28. The molecular formula is C13H11Br2NOS. The Morgan fingerprint density at radius 1 is 1.17 bits per heavy atom. The van der Waals surface area contributed by atoms with Crippen LogP contribution >= 0.6 is 43.2 Å². The molecule has 0 bridgehead atoms. The van der Waals surface area contributed by atoms with Crippen molar-refractivity contribution in [1.29, 1.82) is 0 Å². The molecule has 1 aliphatic rings. The summed E-state index contributed by atoms with van der Waals surface area (Å²) >= 11 is 8.69. The molecule has 0 fully saturated rings. The number of benzene rings is 1. The first-order valence-electron chi connectivity index (χ1n) is 5.55. The van der Waals surface area contributed by atoms with Crippen molar-refractivity contribution in [3.63, 3.8) is 0 Å². The maximum atomic E-state index is 6.34. The molecular weight excluding hydrogens is 378 g/mol. The van der Waals surface area contributed by atoms with Crippen LogP contribution in [0.2, 0.25) is 0 Å². The molecule has 1 aromatic carbocycles. The van der Waals surface area contributed by atoms with Crippen molar-refractivity contribution in [3.05, 3.63) is 54.1 Å². The molecule has 0 saturated carbocycles. The molecule has 5 heteroatoms. The van der Waals surface area contributed by atoms with Gasteiger partial charge in [-0.05, 0) is 60.2 Å². The van der Waals surface area contributed by atoms with E-state index in [2.05, 4.69) is 56.1 Å². The van der Waals surface area contributed by atoms with Crippen LogP contribution in [-0.4, -0.2) is 0 Å². The molecule has 0 saturated heterocycles. The summed E-state index contributed by atoms with van der Waals surface area (Å²) in [6.07, 6.45) is 0. The van der Waals surface area contributed by atoms with Crippen molar-refractivity contribution in [2.24, 2.45) is 5.73 Å². The Kier molecular flexibility index (Phi) is 3.60. The van der Waals surface area contributed by atoms with Gasteiger partial charge in [-0.15, -0.1) is 11.3 Å². The lowest BCUT2D eigenvalue weighted by atomic mass is 9.98. The standard InChI is InChI=1S/C13H11Br2NOS/c14-11-4-10(13(15)18-11)12(16)7-1-2-8-5-17-6-9(8)3-7/h1-4,12H,5-6,16H2. The minimum atomic E-state index is -0.104. The Balaban J connectivity index is 1.97. The van der Waals surface area contributed by atoms with Gasteiger partial charge in [-0.25, -0.2) is 0 Å². The third-order valence-corrected chi connectivity index (χ3v) is 5.51. The molecule has 1 aromatic heterocycles. The van der Waals surface area contributed by atoms with E-state index < -0.39 is 0 Å². The second kappa shape index (κ2) is 5.06. The van der Waals surface area contributed by atoms with Crippen LogP contribution in [0.15, 0.2) is 31.8 Å². The van der Waals surface area contributed by atoms with Crippen LogP contribution in [-0.2, 0) is 18.0 Å². The lowest BCUT2D eigenvalue weighted by molar-refractivity contribution is 0.134. The number of hydrogen-bond donors (Lipinski definition) is 1. The van der Waals surface area contributed by atoms with Gasteiger partial charge in [0, 0.05) is 0 Å². The zero-order chi connectivity index (χ0) is 12.7. The predicted molar refractivity (Wildman–Crippen MR) is 80.7 cm³/mol. The smallest absolute Gasteiger partial charge is 0.0761 e. The molecule has 0 spiro atoms. The first kappa shape index (κ1) is 12.8. The van der Waals surface area contributed by atoms with Gasteiger partial charge in [0.2, 0.25) is 0 Å².